The number of hydrogen-bond acceptors (Lipinski definition) is 3. The van der Waals surface area contributed by atoms with Gasteiger partial charge in [0.15, 0.2) is 17.5 Å². The summed E-state index contributed by atoms with van der Waals surface area (Å²) < 4.78 is 0. The Morgan fingerprint density at radius 2 is 0.659 bits per heavy atom. The molecular formula is C41H45N3. The smallest absolute Gasteiger partial charge is 0.164 e. The predicted molar refractivity (Wildman–Crippen MR) is 190 cm³/mol. The minimum atomic E-state index is 0.657. The van der Waals surface area contributed by atoms with Gasteiger partial charge in [0.05, 0.1) is 0 Å². The van der Waals surface area contributed by atoms with Crippen molar-refractivity contribution in [2.24, 2.45) is 0 Å². The molecule has 1 aromatic heterocycles. The zero-order chi connectivity index (χ0) is 31.7. The topological polar surface area (TPSA) is 38.7 Å². The summed E-state index contributed by atoms with van der Waals surface area (Å²) in [6, 6.07) is 45.8. The molecule has 0 aliphatic carbocycles. The maximum absolute atomic E-state index is 4.97. The van der Waals surface area contributed by atoms with E-state index in [0.717, 1.165) is 44.5 Å². The molecule has 44 heavy (non-hydrogen) atoms. The normalized spacial score (nSPS) is 9.80. The van der Waals surface area contributed by atoms with Crippen molar-refractivity contribution in [1.29, 1.82) is 0 Å². The van der Waals surface area contributed by atoms with Crippen molar-refractivity contribution in [3.8, 4) is 56.4 Å². The van der Waals surface area contributed by atoms with Crippen molar-refractivity contribution in [2.45, 2.75) is 54.9 Å². The van der Waals surface area contributed by atoms with Crippen LogP contribution < -0.4 is 0 Å². The van der Waals surface area contributed by atoms with Crippen LogP contribution in [-0.2, 0) is 0 Å². The zero-order valence-corrected chi connectivity index (χ0v) is 27.3. The fourth-order valence-corrected chi connectivity index (χ4v) is 4.48. The summed E-state index contributed by atoms with van der Waals surface area (Å²) in [5.74, 6) is 1.98. The van der Waals surface area contributed by atoms with Gasteiger partial charge in [0.25, 0.3) is 0 Å². The van der Waals surface area contributed by atoms with Crippen LogP contribution >= 0.6 is 0 Å². The molecule has 0 fully saturated rings. The van der Waals surface area contributed by atoms with Gasteiger partial charge in [-0.1, -0.05) is 169 Å². The highest BCUT2D eigenvalue weighted by atomic mass is 15.0. The number of aryl methyl sites for hydroxylation is 1. The fraction of sp³-hybridized carbons (Fsp3) is 0.195. The Morgan fingerprint density at radius 3 is 1.02 bits per heavy atom. The molecule has 6 rings (SSSR count). The van der Waals surface area contributed by atoms with Gasteiger partial charge < -0.3 is 0 Å². The minimum absolute atomic E-state index is 0.657. The van der Waals surface area contributed by atoms with E-state index in [0.29, 0.717) is 17.5 Å². The van der Waals surface area contributed by atoms with Crippen molar-refractivity contribution < 1.29 is 0 Å². The van der Waals surface area contributed by atoms with Crippen LogP contribution in [-0.4, -0.2) is 15.0 Å². The monoisotopic (exact) mass is 579 g/mol. The molecule has 0 radical (unpaired) electrons. The summed E-state index contributed by atoms with van der Waals surface area (Å²) in [5.41, 5.74) is 8.63. The third-order valence-electron chi connectivity index (χ3n) is 6.37. The first kappa shape index (κ1) is 33.6. The van der Waals surface area contributed by atoms with E-state index in [1.54, 1.807) is 0 Å². The largest absolute Gasteiger partial charge is 0.208 e. The highest BCUT2D eigenvalue weighted by Crippen LogP contribution is 2.30. The van der Waals surface area contributed by atoms with Crippen molar-refractivity contribution in [3.05, 3.63) is 139 Å². The lowest BCUT2D eigenvalue weighted by atomic mass is 10.0. The second-order valence-corrected chi connectivity index (χ2v) is 9.78. The molecule has 3 nitrogen and oxygen atoms in total. The van der Waals surface area contributed by atoms with Gasteiger partial charge in [-0.3, -0.25) is 0 Å². The van der Waals surface area contributed by atoms with Gasteiger partial charge in [-0.2, -0.15) is 0 Å². The minimum Gasteiger partial charge on any atom is -0.208 e. The average molecular weight is 580 g/mol. The summed E-state index contributed by atoms with van der Waals surface area (Å²) in [4.78, 5) is 14.8. The summed E-state index contributed by atoms with van der Waals surface area (Å²) in [6.07, 6.45) is 1.25. The van der Waals surface area contributed by atoms with E-state index in [4.69, 9.17) is 15.0 Å². The Balaban J connectivity index is 0.000000701. The first-order chi connectivity index (χ1) is 21.6. The van der Waals surface area contributed by atoms with Crippen molar-refractivity contribution in [3.63, 3.8) is 0 Å². The Morgan fingerprint density at radius 1 is 0.364 bits per heavy atom. The van der Waals surface area contributed by atoms with Crippen LogP contribution in [0.2, 0.25) is 0 Å². The maximum Gasteiger partial charge on any atom is 0.164 e. The molecule has 5 aromatic carbocycles. The zero-order valence-electron chi connectivity index (χ0n) is 27.3. The molecule has 0 N–H and O–H groups in total. The fourth-order valence-electron chi connectivity index (χ4n) is 4.48. The van der Waals surface area contributed by atoms with E-state index in [2.05, 4.69) is 136 Å². The molecule has 6 aromatic rings. The van der Waals surface area contributed by atoms with E-state index in [-0.39, 0.29) is 0 Å². The van der Waals surface area contributed by atoms with Crippen LogP contribution in [0.1, 0.15) is 53.5 Å². The number of benzene rings is 5. The molecule has 0 saturated heterocycles. The molecule has 1 heterocycles. The van der Waals surface area contributed by atoms with Crippen molar-refractivity contribution in [2.75, 3.05) is 0 Å². The lowest BCUT2D eigenvalue weighted by Crippen LogP contribution is -2.00. The second kappa shape index (κ2) is 17.9. The molecule has 0 aliphatic rings. The van der Waals surface area contributed by atoms with Gasteiger partial charge in [0.2, 0.25) is 0 Å². The van der Waals surface area contributed by atoms with Crippen LogP contribution in [0, 0.1) is 6.92 Å². The summed E-state index contributed by atoms with van der Waals surface area (Å²) >= 11 is 0. The number of nitrogens with zero attached hydrogens (tertiary/aromatic N) is 3. The number of rotatable bonds is 5. The molecule has 224 valence electrons. The van der Waals surface area contributed by atoms with Gasteiger partial charge in [0, 0.05) is 16.7 Å². The maximum atomic E-state index is 4.97. The Hall–Kier alpha value is -4.89. The van der Waals surface area contributed by atoms with E-state index < -0.39 is 0 Å². The highest BCUT2D eigenvalue weighted by molar-refractivity contribution is 5.74. The van der Waals surface area contributed by atoms with Gasteiger partial charge in [-0.15, -0.1) is 0 Å². The number of hydrogen-bond donors (Lipinski definition) is 0. The molecule has 0 bridgehead atoms. The lowest BCUT2D eigenvalue weighted by molar-refractivity contribution is 1.07. The van der Waals surface area contributed by atoms with Crippen LogP contribution in [0.3, 0.4) is 0 Å². The average Bonchev–Trinajstić information content (AvgIpc) is 3.11. The quantitative estimate of drug-likeness (QED) is 0.204. The SMILES string of the molecule is CC.CC.CCC.Cc1cccc(-c2nc(-c3cccc(-c4ccccc4)c3)nc(-c3cccc(-c4ccccc4)c3)n2)c1. The Labute approximate surface area is 264 Å². The van der Waals surface area contributed by atoms with E-state index in [9.17, 15) is 0 Å². The van der Waals surface area contributed by atoms with Crippen molar-refractivity contribution >= 4 is 0 Å². The Kier molecular flexibility index (Phi) is 13.7. The molecule has 0 aliphatic heterocycles. The second-order valence-electron chi connectivity index (χ2n) is 9.78. The predicted octanol–water partition coefficient (Wildman–Crippen LogP) is 12.0. The highest BCUT2D eigenvalue weighted by Gasteiger charge is 2.14. The van der Waals surface area contributed by atoms with E-state index in [1.807, 2.05) is 45.9 Å². The molecule has 0 spiro atoms. The van der Waals surface area contributed by atoms with Crippen LogP contribution in [0.15, 0.2) is 133 Å². The van der Waals surface area contributed by atoms with Gasteiger partial charge in [-0.25, -0.2) is 15.0 Å². The summed E-state index contributed by atoms with van der Waals surface area (Å²) in [5, 5.41) is 0. The first-order valence-corrected chi connectivity index (χ1v) is 15.8. The van der Waals surface area contributed by atoms with Gasteiger partial charge in [-0.05, 0) is 47.4 Å². The van der Waals surface area contributed by atoms with Crippen LogP contribution in [0.4, 0.5) is 0 Å². The Bertz CT molecular complexity index is 1590. The van der Waals surface area contributed by atoms with Crippen molar-refractivity contribution in [1.82, 2.24) is 15.0 Å². The number of aromatic nitrogens is 3. The van der Waals surface area contributed by atoms with Gasteiger partial charge >= 0.3 is 0 Å². The molecule has 0 atom stereocenters. The standard InChI is InChI=1S/C34H25N3.C3H8.2C2H6/c1-24-11-8-18-29(21-24)32-35-33(30-19-9-16-27(22-30)25-12-4-2-5-13-25)37-34(36-32)31-20-10-17-28(23-31)26-14-6-3-7-15-26;1-3-2;2*1-2/h2-23H,1H3;3H2,1-2H3;2*1-2H3. The third-order valence-corrected chi connectivity index (χ3v) is 6.37. The molecule has 3 heteroatoms. The third kappa shape index (κ3) is 9.05. The van der Waals surface area contributed by atoms with Crippen LogP contribution in [0.25, 0.3) is 56.4 Å². The van der Waals surface area contributed by atoms with E-state index >= 15 is 0 Å². The summed E-state index contributed by atoms with van der Waals surface area (Å²) in [7, 11) is 0. The molecule has 0 amide bonds. The van der Waals surface area contributed by atoms with Gasteiger partial charge in [0.1, 0.15) is 0 Å². The summed E-state index contributed by atoms with van der Waals surface area (Å²) in [6.45, 7) is 14.3. The first-order valence-electron chi connectivity index (χ1n) is 15.8. The molecular weight excluding hydrogens is 534 g/mol. The van der Waals surface area contributed by atoms with E-state index in [1.165, 1.54) is 6.42 Å². The van der Waals surface area contributed by atoms with Crippen LogP contribution in [0.5, 0.6) is 0 Å². The molecule has 0 saturated carbocycles. The lowest BCUT2D eigenvalue weighted by Gasteiger charge is -2.11. The molecule has 0 unspecified atom stereocenters.